The number of nitrogen functional groups attached to an aromatic ring is 1. The number of hydrogen-bond acceptors (Lipinski definition) is 7. The molecule has 8 nitrogen and oxygen atoms in total. The van der Waals surface area contributed by atoms with Crippen molar-refractivity contribution in [2.75, 3.05) is 11.1 Å². The second-order valence-corrected chi connectivity index (χ2v) is 4.60. The van der Waals surface area contributed by atoms with Gasteiger partial charge in [0.05, 0.1) is 6.26 Å². The number of hydrogen-bond donors (Lipinski definition) is 2. The third-order valence-electron chi connectivity index (χ3n) is 2.81. The van der Waals surface area contributed by atoms with Gasteiger partial charge in [-0.1, -0.05) is 0 Å². The van der Waals surface area contributed by atoms with Gasteiger partial charge in [-0.05, 0) is 25.1 Å². The molecule has 3 rings (SSSR count). The van der Waals surface area contributed by atoms with Crippen molar-refractivity contribution in [2.24, 2.45) is 0 Å². The molecule has 0 aliphatic carbocycles. The van der Waals surface area contributed by atoms with Gasteiger partial charge >= 0.3 is 0 Å². The number of nitrogens with one attached hydrogen (secondary N) is 1. The van der Waals surface area contributed by atoms with E-state index in [1.807, 2.05) is 19.1 Å². The first-order chi connectivity index (χ1) is 10.2. The Labute approximate surface area is 121 Å². The number of aromatic nitrogens is 5. The monoisotopic (exact) mass is 285 g/mol. The van der Waals surface area contributed by atoms with E-state index in [-0.39, 0.29) is 12.0 Å². The summed E-state index contributed by atoms with van der Waals surface area (Å²) in [5.41, 5.74) is 5.72. The second kappa shape index (κ2) is 5.61. The molecular formula is C13H15N7O. The lowest BCUT2D eigenvalue weighted by molar-refractivity contribution is 0.497. The Kier molecular flexibility index (Phi) is 3.50. The Balaban J connectivity index is 1.76. The number of rotatable bonds is 5. The standard InChI is InChI=1S/C13H15N7O/c1-9(8-10-4-2-7-21-10)16-12-17-11(14)18-13(19-12)20-6-3-5-15-20/h2-7,9H,8H2,1H3,(H3,14,16,17,18,19). The zero-order valence-corrected chi connectivity index (χ0v) is 11.5. The number of nitrogens with zero attached hydrogens (tertiary/aromatic N) is 5. The van der Waals surface area contributed by atoms with Crippen LogP contribution in [0.4, 0.5) is 11.9 Å². The van der Waals surface area contributed by atoms with Crippen molar-refractivity contribution in [3.8, 4) is 5.95 Å². The van der Waals surface area contributed by atoms with Crippen LogP contribution >= 0.6 is 0 Å². The predicted molar refractivity (Wildman–Crippen MR) is 76.9 cm³/mol. The maximum Gasteiger partial charge on any atom is 0.257 e. The summed E-state index contributed by atoms with van der Waals surface area (Å²) in [4.78, 5) is 12.4. The van der Waals surface area contributed by atoms with Gasteiger partial charge in [0.1, 0.15) is 5.76 Å². The van der Waals surface area contributed by atoms with Crippen LogP contribution in [0.2, 0.25) is 0 Å². The molecule has 0 saturated carbocycles. The highest BCUT2D eigenvalue weighted by atomic mass is 16.3. The molecule has 3 heterocycles. The highest BCUT2D eigenvalue weighted by Gasteiger charge is 2.10. The van der Waals surface area contributed by atoms with Crippen molar-refractivity contribution in [1.82, 2.24) is 24.7 Å². The lowest BCUT2D eigenvalue weighted by Crippen LogP contribution is -2.21. The largest absolute Gasteiger partial charge is 0.469 e. The van der Waals surface area contributed by atoms with E-state index in [2.05, 4.69) is 25.4 Å². The zero-order valence-electron chi connectivity index (χ0n) is 11.5. The summed E-state index contributed by atoms with van der Waals surface area (Å²) in [6.07, 6.45) is 5.76. The summed E-state index contributed by atoms with van der Waals surface area (Å²) in [6, 6.07) is 5.66. The van der Waals surface area contributed by atoms with E-state index >= 15 is 0 Å². The molecule has 0 spiro atoms. The van der Waals surface area contributed by atoms with Gasteiger partial charge in [-0.2, -0.15) is 20.1 Å². The summed E-state index contributed by atoms with van der Waals surface area (Å²) >= 11 is 0. The van der Waals surface area contributed by atoms with E-state index in [1.54, 1.807) is 24.7 Å². The van der Waals surface area contributed by atoms with Crippen molar-refractivity contribution >= 4 is 11.9 Å². The minimum atomic E-state index is 0.0865. The normalized spacial score (nSPS) is 12.2. The highest BCUT2D eigenvalue weighted by Crippen LogP contribution is 2.10. The first-order valence-electron chi connectivity index (χ1n) is 6.51. The molecule has 3 aromatic heterocycles. The summed E-state index contributed by atoms with van der Waals surface area (Å²) in [6.45, 7) is 2.01. The molecule has 3 N–H and O–H groups in total. The van der Waals surface area contributed by atoms with Gasteiger partial charge < -0.3 is 15.5 Å². The van der Waals surface area contributed by atoms with E-state index < -0.39 is 0 Å². The van der Waals surface area contributed by atoms with Crippen LogP contribution in [0.5, 0.6) is 0 Å². The van der Waals surface area contributed by atoms with Crippen LogP contribution < -0.4 is 11.1 Å². The Hall–Kier alpha value is -2.90. The molecule has 1 atom stereocenters. The fourth-order valence-electron chi connectivity index (χ4n) is 1.94. The molecule has 0 amide bonds. The van der Waals surface area contributed by atoms with Gasteiger partial charge in [-0.15, -0.1) is 0 Å². The quantitative estimate of drug-likeness (QED) is 0.726. The predicted octanol–water partition coefficient (Wildman–Crippen LogP) is 1.28. The topological polar surface area (TPSA) is 108 Å². The van der Waals surface area contributed by atoms with Crippen molar-refractivity contribution in [2.45, 2.75) is 19.4 Å². The lowest BCUT2D eigenvalue weighted by atomic mass is 10.2. The van der Waals surface area contributed by atoms with Crippen LogP contribution in [0.1, 0.15) is 12.7 Å². The minimum absolute atomic E-state index is 0.0865. The lowest BCUT2D eigenvalue weighted by Gasteiger charge is -2.13. The molecule has 0 saturated heterocycles. The molecular weight excluding hydrogens is 270 g/mol. The van der Waals surface area contributed by atoms with Gasteiger partial charge in [-0.3, -0.25) is 0 Å². The van der Waals surface area contributed by atoms with Gasteiger partial charge in [0.2, 0.25) is 11.9 Å². The van der Waals surface area contributed by atoms with Gasteiger partial charge in [0.25, 0.3) is 5.95 Å². The van der Waals surface area contributed by atoms with E-state index in [4.69, 9.17) is 10.2 Å². The molecule has 108 valence electrons. The van der Waals surface area contributed by atoms with Crippen LogP contribution in [0.25, 0.3) is 5.95 Å². The average molecular weight is 285 g/mol. The Morgan fingerprint density at radius 3 is 2.95 bits per heavy atom. The molecule has 0 radical (unpaired) electrons. The number of furan rings is 1. The maximum atomic E-state index is 5.72. The number of nitrogens with two attached hydrogens (primary N) is 1. The van der Waals surface area contributed by atoms with Crippen molar-refractivity contribution in [1.29, 1.82) is 0 Å². The summed E-state index contributed by atoms with van der Waals surface area (Å²) in [7, 11) is 0. The SMILES string of the molecule is CC(Cc1ccco1)Nc1nc(N)nc(-n2cccn2)n1. The Morgan fingerprint density at radius 2 is 2.24 bits per heavy atom. The number of anilines is 2. The summed E-state index contributed by atoms with van der Waals surface area (Å²) < 4.78 is 6.84. The molecule has 0 aliphatic rings. The Morgan fingerprint density at radius 1 is 1.33 bits per heavy atom. The smallest absolute Gasteiger partial charge is 0.257 e. The van der Waals surface area contributed by atoms with Crippen molar-refractivity contribution in [3.05, 3.63) is 42.6 Å². The highest BCUT2D eigenvalue weighted by molar-refractivity contribution is 5.35. The van der Waals surface area contributed by atoms with E-state index in [9.17, 15) is 0 Å². The summed E-state index contributed by atoms with van der Waals surface area (Å²) in [5, 5.41) is 7.25. The molecule has 8 heteroatoms. The van der Waals surface area contributed by atoms with Gasteiger partial charge in [-0.25, -0.2) is 4.68 Å². The first-order valence-corrected chi connectivity index (χ1v) is 6.51. The van der Waals surface area contributed by atoms with E-state index in [1.165, 1.54) is 4.68 Å². The van der Waals surface area contributed by atoms with Crippen LogP contribution in [0.3, 0.4) is 0 Å². The molecule has 3 aromatic rings. The van der Waals surface area contributed by atoms with Crippen molar-refractivity contribution in [3.63, 3.8) is 0 Å². The fraction of sp³-hybridized carbons (Fsp3) is 0.231. The molecule has 0 fully saturated rings. The molecule has 0 bridgehead atoms. The van der Waals surface area contributed by atoms with Crippen LogP contribution in [-0.2, 0) is 6.42 Å². The molecule has 21 heavy (non-hydrogen) atoms. The average Bonchev–Trinajstić information content (AvgIpc) is 3.10. The van der Waals surface area contributed by atoms with Gasteiger partial charge in [0, 0.05) is 24.9 Å². The maximum absolute atomic E-state index is 5.72. The molecule has 0 aliphatic heterocycles. The molecule has 1 unspecified atom stereocenters. The minimum Gasteiger partial charge on any atom is -0.469 e. The molecule has 0 aromatic carbocycles. The summed E-state index contributed by atoms with van der Waals surface area (Å²) in [5.74, 6) is 1.82. The first kappa shape index (κ1) is 13.1. The third-order valence-corrected chi connectivity index (χ3v) is 2.81. The fourth-order valence-corrected chi connectivity index (χ4v) is 1.94. The van der Waals surface area contributed by atoms with Gasteiger partial charge in [0.15, 0.2) is 0 Å². The van der Waals surface area contributed by atoms with Crippen LogP contribution in [-0.4, -0.2) is 30.8 Å². The third kappa shape index (κ3) is 3.16. The van der Waals surface area contributed by atoms with E-state index in [0.29, 0.717) is 11.9 Å². The Bertz CT molecular complexity index is 693. The van der Waals surface area contributed by atoms with Crippen LogP contribution in [0.15, 0.2) is 41.3 Å². The van der Waals surface area contributed by atoms with Crippen LogP contribution in [0, 0.1) is 0 Å². The van der Waals surface area contributed by atoms with Crippen molar-refractivity contribution < 1.29 is 4.42 Å². The zero-order chi connectivity index (χ0) is 14.7. The second-order valence-electron chi connectivity index (χ2n) is 4.60. The van der Waals surface area contributed by atoms with E-state index in [0.717, 1.165) is 12.2 Å².